The molecule has 0 radical (unpaired) electrons. The van der Waals surface area contributed by atoms with Crippen LogP contribution in [0.4, 0.5) is 51.2 Å². The number of hydrogen-bond acceptors (Lipinski definition) is 19. The molecule has 0 atom stereocenters. The summed E-state index contributed by atoms with van der Waals surface area (Å²) in [7, 11) is -15.4. The number of hydrogen-bond donors (Lipinski definition) is 4. The van der Waals surface area contributed by atoms with Gasteiger partial charge in [-0.25, -0.2) is 8.42 Å². The van der Waals surface area contributed by atoms with Gasteiger partial charge in [-0.2, -0.15) is 37.3 Å². The van der Waals surface area contributed by atoms with E-state index in [4.69, 9.17) is 0 Å². The fourth-order valence-corrected chi connectivity index (χ4v) is 7.03. The smallest absolute Gasteiger partial charge is 0.871 e. The Hall–Kier alpha value is -4.29. The average Bonchev–Trinajstić information content (AvgIpc) is 3.16. The maximum atomic E-state index is 12.8. The molecule has 0 saturated heterocycles. The van der Waals surface area contributed by atoms with Crippen molar-refractivity contribution in [2.75, 3.05) is 5.32 Å². The van der Waals surface area contributed by atoms with E-state index in [-0.39, 0.29) is 111 Å². The Morgan fingerprint density at radius 1 is 0.597 bits per heavy atom. The minimum absolute atomic E-state index is 0. The second kappa shape index (κ2) is 20.9. The summed E-state index contributed by atoms with van der Waals surface area (Å²) in [5, 5.41) is 72.0. The van der Waals surface area contributed by atoms with E-state index >= 15 is 0 Å². The van der Waals surface area contributed by atoms with Crippen molar-refractivity contribution in [3.05, 3.63) is 113 Å². The Morgan fingerprint density at radius 2 is 1.16 bits per heavy atom. The number of non-ortho nitro benzene ring substituents is 1. The zero-order valence-corrected chi connectivity index (χ0v) is 40.5. The van der Waals surface area contributed by atoms with Crippen LogP contribution in [0.3, 0.4) is 0 Å². The number of nitro groups is 1. The molecule has 22 nitrogen and oxygen atoms in total. The molecule has 0 aromatic heterocycles. The number of azo groups is 3. The Kier molecular flexibility index (Phi) is 17.6. The molecule has 0 fully saturated rings. The second-order valence-electron chi connectivity index (χ2n) is 11.8. The molecule has 0 bridgehead atoms. The minimum atomic E-state index is -5.51. The fraction of sp³-hybridized carbons (Fsp3) is 0. The van der Waals surface area contributed by atoms with Crippen LogP contribution in [-0.2, 0) is 30.4 Å². The van der Waals surface area contributed by atoms with Crippen LogP contribution in [0.25, 0.3) is 10.8 Å². The van der Waals surface area contributed by atoms with Crippen LogP contribution in [0.1, 0.15) is 0 Å². The normalized spacial score (nSPS) is 11.9. The summed E-state index contributed by atoms with van der Waals surface area (Å²) >= 11 is 0. The van der Waals surface area contributed by atoms with Gasteiger partial charge in [0.2, 0.25) is 0 Å². The number of anilines is 2. The number of phenolic OH excluding ortho intramolecular Hbond substituents is 1. The van der Waals surface area contributed by atoms with Crippen LogP contribution in [-0.4, -0.2) is 48.9 Å². The predicted molar refractivity (Wildman–Crippen MR) is 200 cm³/mol. The van der Waals surface area contributed by atoms with Gasteiger partial charge in [0.15, 0.2) is 5.75 Å². The van der Waals surface area contributed by atoms with E-state index < -0.39 is 101 Å². The summed E-state index contributed by atoms with van der Waals surface area (Å²) in [6, 6.07) is 19.4. The van der Waals surface area contributed by atoms with Crippen molar-refractivity contribution in [3.8, 4) is 17.2 Å². The second-order valence-corrected chi connectivity index (χ2v) is 16.0. The summed E-state index contributed by atoms with van der Waals surface area (Å²) in [5.74, 6) is -3.17. The third kappa shape index (κ3) is 12.5. The van der Waals surface area contributed by atoms with E-state index in [0.29, 0.717) is 30.0 Å². The molecule has 0 unspecified atom stereocenters. The summed E-state index contributed by atoms with van der Waals surface area (Å²) < 4.78 is 105. The van der Waals surface area contributed by atoms with Gasteiger partial charge in [0.1, 0.15) is 20.7 Å². The van der Waals surface area contributed by atoms with E-state index in [1.807, 2.05) is 0 Å². The van der Waals surface area contributed by atoms with Crippen LogP contribution < -0.4 is 104 Å². The van der Waals surface area contributed by atoms with Crippen LogP contribution in [0.2, 0.25) is 0 Å². The van der Waals surface area contributed by atoms with Crippen molar-refractivity contribution < 1.29 is 148 Å². The van der Waals surface area contributed by atoms with Gasteiger partial charge in [-0.3, -0.25) is 19.2 Å². The van der Waals surface area contributed by atoms with Gasteiger partial charge in [0, 0.05) is 17.8 Å². The Balaban J connectivity index is 0.00000341. The monoisotopic (exact) mass is 930 g/mol. The molecule has 0 spiro atoms. The first-order chi connectivity index (χ1) is 27.7. The standard InChI is InChI=1S/C34H24N8O14S3.3Na/c43-28-17-29(44)26(16-25(28)38-37-21-8-11-24(30(14-21)58(51,52)53)35-19-4-2-1-3-5-19)39-40-27-15-23(57(48,49)50)12-18-13-31(59(54,55)56)33(34(45)32(18)27)41-36-20-6-9-22(10-7-20)42(46)47;;;/h1-17,35,43-45H,(H,48,49,50)(H,51,52,53)(H,54,55,56);;;/q;3*+1/p-3. The Labute approximate surface area is 416 Å². The van der Waals surface area contributed by atoms with E-state index in [1.165, 1.54) is 12.1 Å². The zero-order chi connectivity index (χ0) is 42.9. The molecule has 62 heavy (non-hydrogen) atoms. The quantitative estimate of drug-likeness (QED) is 0.0339. The van der Waals surface area contributed by atoms with Crippen molar-refractivity contribution >= 4 is 92.3 Å². The third-order valence-corrected chi connectivity index (χ3v) is 10.4. The maximum Gasteiger partial charge on any atom is 1.00 e. The molecule has 0 heterocycles. The number of fused-ring (bicyclic) bond motifs is 1. The minimum Gasteiger partial charge on any atom is -0.871 e. The van der Waals surface area contributed by atoms with Crippen molar-refractivity contribution in [3.63, 3.8) is 0 Å². The molecule has 6 aromatic rings. The molecule has 0 amide bonds. The molecule has 0 aliphatic heterocycles. The van der Waals surface area contributed by atoms with Crippen molar-refractivity contribution in [2.24, 2.45) is 30.7 Å². The molecule has 0 aliphatic rings. The van der Waals surface area contributed by atoms with Crippen LogP contribution in [0.15, 0.2) is 149 Å². The SMILES string of the molecule is O=[N+]([O-])c1ccc(N=Nc2c(S(=O)(=O)[O-])cc3cc(S(=O)(=O)O)cc(N=Nc4cc(N=Nc5ccc(Nc6ccccc6)c(S(=O)(=O)O)c5)c([O-])cc4[O-])c3c2O)cc1.[Na+].[Na+].[Na+]. The summed E-state index contributed by atoms with van der Waals surface area (Å²) in [6.07, 6.45) is 0. The van der Waals surface area contributed by atoms with E-state index in [0.717, 1.165) is 36.4 Å². The fourth-order valence-electron chi connectivity index (χ4n) is 5.18. The molecule has 6 rings (SSSR count). The van der Waals surface area contributed by atoms with Crippen LogP contribution in [0.5, 0.6) is 17.2 Å². The summed E-state index contributed by atoms with van der Waals surface area (Å²) in [4.78, 5) is 7.53. The van der Waals surface area contributed by atoms with Gasteiger partial charge in [-0.15, -0.1) is 10.2 Å². The van der Waals surface area contributed by atoms with Crippen molar-refractivity contribution in [1.29, 1.82) is 0 Å². The first kappa shape index (κ1) is 52.1. The van der Waals surface area contributed by atoms with Gasteiger partial charge in [-0.05, 0) is 72.1 Å². The molecule has 4 N–H and O–H groups in total. The largest absolute Gasteiger partial charge is 1.00 e. The van der Waals surface area contributed by atoms with Crippen molar-refractivity contribution in [1.82, 2.24) is 0 Å². The van der Waals surface area contributed by atoms with Gasteiger partial charge in [0.25, 0.3) is 25.9 Å². The topological polar surface area (TPSA) is 362 Å². The van der Waals surface area contributed by atoms with Crippen LogP contribution in [0, 0.1) is 10.1 Å². The van der Waals surface area contributed by atoms with E-state index in [1.54, 1.807) is 30.3 Å². The Bertz CT molecular complexity index is 3130. The summed E-state index contributed by atoms with van der Waals surface area (Å²) in [6.45, 7) is 0. The van der Waals surface area contributed by atoms with Gasteiger partial charge in [0.05, 0.1) is 54.2 Å². The van der Waals surface area contributed by atoms with Gasteiger partial charge in [-0.1, -0.05) is 35.8 Å². The van der Waals surface area contributed by atoms with E-state index in [9.17, 15) is 64.3 Å². The number of aromatic hydroxyl groups is 1. The first-order valence-electron chi connectivity index (χ1n) is 15.9. The first-order valence-corrected chi connectivity index (χ1v) is 20.2. The van der Waals surface area contributed by atoms with Gasteiger partial charge < -0.3 is 25.2 Å². The van der Waals surface area contributed by atoms with E-state index in [2.05, 4.69) is 36.0 Å². The molecule has 0 saturated carbocycles. The average molecular weight is 931 g/mol. The molecular formula is C34H21N8Na3O14S3. The summed E-state index contributed by atoms with van der Waals surface area (Å²) in [5.41, 5.74) is -2.96. The number of benzene rings is 6. The molecule has 0 aliphatic carbocycles. The number of nitro benzene ring substituents is 1. The molecule has 302 valence electrons. The maximum absolute atomic E-state index is 12.8. The zero-order valence-electron chi connectivity index (χ0n) is 32.0. The molecular weight excluding hydrogens is 910 g/mol. The number of para-hydroxylation sites is 1. The number of rotatable bonds is 12. The van der Waals surface area contributed by atoms with Gasteiger partial charge >= 0.3 is 88.7 Å². The number of nitrogens with zero attached hydrogens (tertiary/aromatic N) is 7. The number of phenols is 1. The number of nitrogens with one attached hydrogen (secondary N) is 1. The third-order valence-electron chi connectivity index (χ3n) is 7.87. The predicted octanol–water partition coefficient (Wildman–Crippen LogP) is -2.00. The van der Waals surface area contributed by atoms with Crippen molar-refractivity contribution in [2.45, 2.75) is 14.7 Å². The molecule has 28 heteroatoms. The molecule has 6 aromatic carbocycles. The van der Waals surface area contributed by atoms with Crippen LogP contribution >= 0.6 is 0 Å². The Morgan fingerprint density at radius 3 is 1.73 bits per heavy atom.